The fourth-order valence-corrected chi connectivity index (χ4v) is 3.70. The molecule has 2 fully saturated rings. The number of rotatable bonds is 5. The summed E-state index contributed by atoms with van der Waals surface area (Å²) >= 11 is 0. The van der Waals surface area contributed by atoms with Gasteiger partial charge in [0.05, 0.1) is 19.6 Å². The molecule has 1 aromatic carbocycles. The molecule has 3 rings (SSSR count). The van der Waals surface area contributed by atoms with Crippen LogP contribution in [0, 0.1) is 5.92 Å². The van der Waals surface area contributed by atoms with E-state index in [1.165, 1.54) is 0 Å². The summed E-state index contributed by atoms with van der Waals surface area (Å²) in [7, 11) is 1.67. The zero-order valence-electron chi connectivity index (χ0n) is 15.4. The van der Waals surface area contributed by atoms with Gasteiger partial charge in [-0.05, 0) is 25.0 Å². The fraction of sp³-hybridized carbons (Fsp3) is 0.579. The van der Waals surface area contributed by atoms with Crippen LogP contribution >= 0.6 is 0 Å². The number of piperazine rings is 1. The number of benzene rings is 1. The van der Waals surface area contributed by atoms with Gasteiger partial charge in [-0.1, -0.05) is 6.07 Å². The number of primary amides is 1. The lowest BCUT2D eigenvalue weighted by molar-refractivity contribution is -0.136. The van der Waals surface area contributed by atoms with Gasteiger partial charge >= 0.3 is 0 Å². The predicted molar refractivity (Wildman–Crippen MR) is 100 cm³/mol. The molecule has 0 spiro atoms. The summed E-state index contributed by atoms with van der Waals surface area (Å²) in [5, 5.41) is 0. The highest BCUT2D eigenvalue weighted by Crippen LogP contribution is 2.22. The van der Waals surface area contributed by atoms with Crippen molar-refractivity contribution in [1.29, 1.82) is 0 Å². The minimum Gasteiger partial charge on any atom is -0.497 e. The molecule has 0 bridgehead atoms. The average molecular weight is 360 g/mol. The zero-order chi connectivity index (χ0) is 18.5. The Bertz CT molecular complexity index is 643. The van der Waals surface area contributed by atoms with E-state index in [2.05, 4.69) is 15.9 Å². The van der Waals surface area contributed by atoms with E-state index in [1.54, 1.807) is 12.0 Å². The van der Waals surface area contributed by atoms with Gasteiger partial charge in [-0.2, -0.15) is 0 Å². The van der Waals surface area contributed by atoms with Crippen molar-refractivity contribution in [3.8, 4) is 5.75 Å². The van der Waals surface area contributed by atoms with E-state index in [0.717, 1.165) is 57.0 Å². The molecule has 2 amide bonds. The molecule has 26 heavy (non-hydrogen) atoms. The average Bonchev–Trinajstić information content (AvgIpc) is 2.68. The number of nitrogens with two attached hydrogens (primary N) is 1. The Morgan fingerprint density at radius 1 is 1.19 bits per heavy atom. The van der Waals surface area contributed by atoms with Gasteiger partial charge in [-0.25, -0.2) is 0 Å². The number of hydrogen-bond acceptors (Lipinski definition) is 5. The Hall–Kier alpha value is -2.28. The summed E-state index contributed by atoms with van der Waals surface area (Å²) in [6.45, 7) is 5.06. The number of methoxy groups -OCH3 is 1. The van der Waals surface area contributed by atoms with Crippen LogP contribution < -0.4 is 15.4 Å². The highest BCUT2D eigenvalue weighted by atomic mass is 16.5. The predicted octanol–water partition coefficient (Wildman–Crippen LogP) is 0.541. The highest BCUT2D eigenvalue weighted by Gasteiger charge is 2.28. The van der Waals surface area contributed by atoms with E-state index < -0.39 is 0 Å². The number of anilines is 1. The second-order valence-corrected chi connectivity index (χ2v) is 7.05. The number of ether oxygens (including phenoxy) is 1. The molecular formula is C19H28N4O3. The maximum atomic E-state index is 12.6. The minimum absolute atomic E-state index is 0.103. The van der Waals surface area contributed by atoms with Crippen molar-refractivity contribution in [2.45, 2.75) is 12.8 Å². The van der Waals surface area contributed by atoms with Crippen LogP contribution in [0.4, 0.5) is 5.69 Å². The number of nitrogens with zero attached hydrogens (tertiary/aromatic N) is 3. The highest BCUT2D eigenvalue weighted by molar-refractivity contribution is 5.81. The Labute approximate surface area is 154 Å². The lowest BCUT2D eigenvalue weighted by atomic mass is 9.97. The summed E-state index contributed by atoms with van der Waals surface area (Å²) < 4.78 is 5.29. The van der Waals surface area contributed by atoms with Gasteiger partial charge in [0.1, 0.15) is 5.75 Å². The first-order valence-electron chi connectivity index (χ1n) is 9.25. The Morgan fingerprint density at radius 2 is 1.96 bits per heavy atom. The van der Waals surface area contributed by atoms with Crippen LogP contribution in [-0.4, -0.2) is 74.5 Å². The molecule has 0 aliphatic carbocycles. The third-order valence-electron chi connectivity index (χ3n) is 5.33. The van der Waals surface area contributed by atoms with Crippen LogP contribution in [0.2, 0.25) is 0 Å². The number of amides is 2. The SMILES string of the molecule is COc1cccc(N2CCN(CC(=O)N3CCCC(C(N)=O)C3)CC2)c1. The van der Waals surface area contributed by atoms with E-state index in [0.29, 0.717) is 13.1 Å². The molecule has 2 aliphatic rings. The van der Waals surface area contributed by atoms with E-state index in [1.807, 2.05) is 18.2 Å². The van der Waals surface area contributed by atoms with Crippen LogP contribution in [0.5, 0.6) is 5.75 Å². The molecule has 142 valence electrons. The van der Waals surface area contributed by atoms with Crippen molar-refractivity contribution in [3.05, 3.63) is 24.3 Å². The van der Waals surface area contributed by atoms with Gasteiger partial charge in [0.15, 0.2) is 0 Å². The molecule has 7 heteroatoms. The fourth-order valence-electron chi connectivity index (χ4n) is 3.70. The number of piperidine rings is 1. The van der Waals surface area contributed by atoms with Crippen molar-refractivity contribution < 1.29 is 14.3 Å². The normalized spacial score (nSPS) is 21.5. The largest absolute Gasteiger partial charge is 0.497 e. The molecule has 0 radical (unpaired) electrons. The third kappa shape index (κ3) is 4.46. The van der Waals surface area contributed by atoms with Gasteiger partial charge in [0.25, 0.3) is 0 Å². The second kappa shape index (κ2) is 8.40. The maximum Gasteiger partial charge on any atom is 0.236 e. The van der Waals surface area contributed by atoms with Crippen molar-refractivity contribution in [3.63, 3.8) is 0 Å². The Kier molecular flexibility index (Phi) is 5.98. The molecular weight excluding hydrogens is 332 g/mol. The maximum absolute atomic E-state index is 12.6. The standard InChI is InChI=1S/C19H28N4O3/c1-26-17-6-2-5-16(12-17)22-10-8-21(9-11-22)14-18(24)23-7-3-4-15(13-23)19(20)25/h2,5-6,12,15H,3-4,7-11,13-14H2,1H3,(H2,20,25). The van der Waals surface area contributed by atoms with Gasteiger partial charge in [-0.3, -0.25) is 14.5 Å². The van der Waals surface area contributed by atoms with Crippen LogP contribution in [0.1, 0.15) is 12.8 Å². The van der Waals surface area contributed by atoms with Crippen molar-refractivity contribution in [1.82, 2.24) is 9.80 Å². The summed E-state index contributed by atoms with van der Waals surface area (Å²) in [5.74, 6) is 0.465. The van der Waals surface area contributed by atoms with Crippen LogP contribution in [-0.2, 0) is 9.59 Å². The van der Waals surface area contributed by atoms with Crippen LogP contribution in [0.15, 0.2) is 24.3 Å². The van der Waals surface area contributed by atoms with E-state index in [-0.39, 0.29) is 17.7 Å². The van der Waals surface area contributed by atoms with E-state index in [9.17, 15) is 9.59 Å². The molecule has 2 aliphatic heterocycles. The van der Waals surface area contributed by atoms with Crippen LogP contribution in [0.25, 0.3) is 0 Å². The van der Waals surface area contributed by atoms with Gasteiger partial charge < -0.3 is 20.3 Å². The quantitative estimate of drug-likeness (QED) is 0.829. The summed E-state index contributed by atoms with van der Waals surface area (Å²) in [5.41, 5.74) is 6.55. The molecule has 1 unspecified atom stereocenters. The second-order valence-electron chi connectivity index (χ2n) is 7.05. The van der Waals surface area contributed by atoms with Gasteiger partial charge in [0, 0.05) is 51.0 Å². The summed E-state index contributed by atoms with van der Waals surface area (Å²) in [4.78, 5) is 30.3. The molecule has 2 heterocycles. The molecule has 1 atom stereocenters. The minimum atomic E-state index is -0.297. The Morgan fingerprint density at radius 3 is 2.65 bits per heavy atom. The number of likely N-dealkylation sites (tertiary alicyclic amines) is 1. The third-order valence-corrected chi connectivity index (χ3v) is 5.33. The first-order valence-corrected chi connectivity index (χ1v) is 9.25. The zero-order valence-corrected chi connectivity index (χ0v) is 15.4. The van der Waals surface area contributed by atoms with Gasteiger partial charge in [-0.15, -0.1) is 0 Å². The number of carbonyl (C=O) groups is 2. The molecule has 0 saturated carbocycles. The van der Waals surface area contributed by atoms with E-state index >= 15 is 0 Å². The smallest absolute Gasteiger partial charge is 0.236 e. The first kappa shape index (κ1) is 18.5. The lowest BCUT2D eigenvalue weighted by Crippen LogP contribution is -2.52. The molecule has 0 aromatic heterocycles. The lowest BCUT2D eigenvalue weighted by Gasteiger charge is -2.37. The van der Waals surface area contributed by atoms with E-state index in [4.69, 9.17) is 10.5 Å². The molecule has 2 saturated heterocycles. The topological polar surface area (TPSA) is 79.1 Å². The molecule has 2 N–H and O–H groups in total. The number of carbonyl (C=O) groups excluding carboxylic acids is 2. The summed E-state index contributed by atoms with van der Waals surface area (Å²) in [6.07, 6.45) is 1.64. The van der Waals surface area contributed by atoms with Crippen molar-refractivity contribution >= 4 is 17.5 Å². The van der Waals surface area contributed by atoms with Crippen molar-refractivity contribution in [2.24, 2.45) is 11.7 Å². The molecule has 1 aromatic rings. The van der Waals surface area contributed by atoms with Crippen molar-refractivity contribution in [2.75, 3.05) is 57.8 Å². The van der Waals surface area contributed by atoms with Gasteiger partial charge in [0.2, 0.25) is 11.8 Å². The summed E-state index contributed by atoms with van der Waals surface area (Å²) in [6, 6.07) is 8.06. The Balaban J connectivity index is 1.49. The number of hydrogen-bond donors (Lipinski definition) is 1. The van der Waals surface area contributed by atoms with Crippen LogP contribution in [0.3, 0.4) is 0 Å². The molecule has 7 nitrogen and oxygen atoms in total. The first-order chi connectivity index (χ1) is 12.6. The monoisotopic (exact) mass is 360 g/mol.